The Morgan fingerprint density at radius 2 is 1.74 bits per heavy atom. The minimum Gasteiger partial charge on any atom is -0.381 e. The Labute approximate surface area is 121 Å². The molecule has 1 heterocycles. The van der Waals surface area contributed by atoms with Crippen molar-refractivity contribution in [2.24, 2.45) is 0 Å². The van der Waals surface area contributed by atoms with E-state index in [1.807, 2.05) is 12.1 Å². The number of aromatic amines is 2. The Morgan fingerprint density at radius 1 is 1.16 bits per heavy atom. The summed E-state index contributed by atoms with van der Waals surface area (Å²) in [4.78, 5) is 16.8. The van der Waals surface area contributed by atoms with Crippen LogP contribution in [0, 0.1) is 0 Å². The lowest BCUT2D eigenvalue weighted by molar-refractivity contribution is 0.586. The Morgan fingerprint density at radius 3 is 2.32 bits per heavy atom. The van der Waals surface area contributed by atoms with Crippen LogP contribution in [-0.4, -0.2) is 16.0 Å². The van der Waals surface area contributed by atoms with Crippen molar-refractivity contribution in [2.45, 2.75) is 45.6 Å². The van der Waals surface area contributed by atoms with Crippen molar-refractivity contribution in [1.29, 1.82) is 0 Å². The van der Waals surface area contributed by atoms with E-state index in [0.717, 1.165) is 34.0 Å². The van der Waals surface area contributed by atoms with Gasteiger partial charge in [-0.3, -0.25) is 0 Å². The van der Waals surface area contributed by atoms with E-state index >= 15 is 0 Å². The average molecular weight is 326 g/mol. The van der Waals surface area contributed by atoms with Crippen molar-refractivity contribution in [3.63, 3.8) is 0 Å². The van der Waals surface area contributed by atoms with Crippen LogP contribution in [0.2, 0.25) is 0 Å². The van der Waals surface area contributed by atoms with Crippen LogP contribution >= 0.6 is 15.9 Å². The minimum absolute atomic E-state index is 0.169. The van der Waals surface area contributed by atoms with Gasteiger partial charge in [0.05, 0.1) is 16.7 Å². The topological polar surface area (TPSA) is 60.7 Å². The molecule has 0 spiro atoms. The Hall–Kier alpha value is -1.23. The molecule has 0 saturated carbocycles. The van der Waals surface area contributed by atoms with Crippen molar-refractivity contribution < 1.29 is 0 Å². The number of halogens is 1. The summed E-state index contributed by atoms with van der Waals surface area (Å²) < 4.78 is 0.979. The highest BCUT2D eigenvalue weighted by atomic mass is 79.9. The van der Waals surface area contributed by atoms with Gasteiger partial charge in [-0.2, -0.15) is 0 Å². The Bertz CT molecular complexity index is 596. The summed E-state index contributed by atoms with van der Waals surface area (Å²) in [6.45, 7) is 4.40. The highest BCUT2D eigenvalue weighted by molar-refractivity contribution is 9.10. The molecule has 0 unspecified atom stereocenters. The zero-order valence-corrected chi connectivity index (χ0v) is 12.9. The lowest BCUT2D eigenvalue weighted by Gasteiger charge is -2.19. The monoisotopic (exact) mass is 325 g/mol. The zero-order valence-electron chi connectivity index (χ0n) is 11.3. The molecule has 0 aliphatic carbocycles. The number of hydrogen-bond donors (Lipinski definition) is 3. The smallest absolute Gasteiger partial charge is 0.323 e. The molecule has 19 heavy (non-hydrogen) atoms. The van der Waals surface area contributed by atoms with E-state index in [4.69, 9.17) is 0 Å². The lowest BCUT2D eigenvalue weighted by Crippen LogP contribution is -2.19. The van der Waals surface area contributed by atoms with Gasteiger partial charge in [0.15, 0.2) is 0 Å². The quantitative estimate of drug-likeness (QED) is 0.751. The molecule has 104 valence electrons. The van der Waals surface area contributed by atoms with Gasteiger partial charge in [-0.05, 0) is 40.9 Å². The van der Waals surface area contributed by atoms with Gasteiger partial charge in [0.25, 0.3) is 0 Å². The maximum atomic E-state index is 11.3. The van der Waals surface area contributed by atoms with Crippen LogP contribution in [0.4, 0.5) is 5.69 Å². The molecule has 0 radical (unpaired) electrons. The number of anilines is 1. The summed E-state index contributed by atoms with van der Waals surface area (Å²) >= 11 is 3.56. The molecule has 0 saturated heterocycles. The van der Waals surface area contributed by atoms with Crippen LogP contribution in [0.25, 0.3) is 11.0 Å². The normalized spacial score (nSPS) is 11.4. The van der Waals surface area contributed by atoms with Gasteiger partial charge in [-0.25, -0.2) is 4.79 Å². The van der Waals surface area contributed by atoms with Crippen molar-refractivity contribution in [1.82, 2.24) is 9.97 Å². The number of nitrogens with one attached hydrogen (secondary N) is 3. The van der Waals surface area contributed by atoms with Crippen LogP contribution in [0.1, 0.15) is 39.5 Å². The van der Waals surface area contributed by atoms with Crippen LogP contribution < -0.4 is 11.0 Å². The first-order valence-corrected chi connectivity index (χ1v) is 7.61. The number of imidazole rings is 1. The van der Waals surface area contributed by atoms with E-state index in [2.05, 4.69) is 45.1 Å². The van der Waals surface area contributed by atoms with Gasteiger partial charge in [0.2, 0.25) is 0 Å². The molecular weight excluding hydrogens is 306 g/mol. The highest BCUT2D eigenvalue weighted by Gasteiger charge is 2.10. The number of H-pyrrole nitrogens is 2. The fraction of sp³-hybridized carbons (Fsp3) is 0.500. The molecule has 2 aromatic rings. The summed E-state index contributed by atoms with van der Waals surface area (Å²) in [6, 6.07) is 4.40. The standard InChI is InChI=1S/C14H20BrN3O/c1-3-5-9(6-4-2)16-11-8-13-12(7-10(11)15)17-14(19)18-13/h7-9,16H,3-6H2,1-2H3,(H2,17,18,19). The summed E-state index contributed by atoms with van der Waals surface area (Å²) in [7, 11) is 0. The first kappa shape index (κ1) is 14.2. The Kier molecular flexibility index (Phi) is 4.69. The molecule has 0 aliphatic heterocycles. The summed E-state index contributed by atoms with van der Waals surface area (Å²) in [5.41, 5.74) is 2.53. The predicted molar refractivity (Wildman–Crippen MR) is 83.8 cm³/mol. The zero-order chi connectivity index (χ0) is 13.8. The molecule has 1 aromatic carbocycles. The third-order valence-corrected chi connectivity index (χ3v) is 3.89. The second kappa shape index (κ2) is 6.28. The van der Waals surface area contributed by atoms with Crippen LogP contribution in [0.3, 0.4) is 0 Å². The maximum absolute atomic E-state index is 11.3. The number of rotatable bonds is 6. The van der Waals surface area contributed by atoms with Crippen LogP contribution in [0.5, 0.6) is 0 Å². The first-order chi connectivity index (χ1) is 9.13. The molecule has 4 nitrogen and oxygen atoms in total. The molecule has 0 bridgehead atoms. The summed E-state index contributed by atoms with van der Waals surface area (Å²) in [5.74, 6) is 0. The number of benzene rings is 1. The van der Waals surface area contributed by atoms with Gasteiger partial charge < -0.3 is 15.3 Å². The molecule has 0 aliphatic rings. The van der Waals surface area contributed by atoms with Gasteiger partial charge in [0, 0.05) is 10.5 Å². The van der Waals surface area contributed by atoms with E-state index in [0.29, 0.717) is 6.04 Å². The van der Waals surface area contributed by atoms with E-state index < -0.39 is 0 Å². The number of aromatic nitrogens is 2. The third kappa shape index (κ3) is 3.41. The summed E-state index contributed by atoms with van der Waals surface area (Å²) in [5, 5.41) is 3.57. The van der Waals surface area contributed by atoms with Crippen molar-refractivity contribution >= 4 is 32.7 Å². The van der Waals surface area contributed by atoms with E-state index in [1.54, 1.807) is 0 Å². The average Bonchev–Trinajstić information content (AvgIpc) is 2.69. The van der Waals surface area contributed by atoms with Crippen LogP contribution in [0.15, 0.2) is 21.4 Å². The predicted octanol–water partition coefficient (Wildman–Crippen LogP) is 4.00. The molecule has 5 heteroatoms. The molecule has 2 rings (SSSR count). The fourth-order valence-corrected chi connectivity index (χ4v) is 2.83. The van der Waals surface area contributed by atoms with Gasteiger partial charge in [-0.15, -0.1) is 0 Å². The second-order valence-electron chi connectivity index (χ2n) is 4.88. The highest BCUT2D eigenvalue weighted by Crippen LogP contribution is 2.28. The summed E-state index contributed by atoms with van der Waals surface area (Å²) in [6.07, 6.45) is 4.64. The lowest BCUT2D eigenvalue weighted by atomic mass is 10.1. The van der Waals surface area contributed by atoms with Gasteiger partial charge in [-0.1, -0.05) is 26.7 Å². The van der Waals surface area contributed by atoms with E-state index in [1.165, 1.54) is 12.8 Å². The van der Waals surface area contributed by atoms with Gasteiger partial charge >= 0.3 is 5.69 Å². The number of fused-ring (bicyclic) bond motifs is 1. The maximum Gasteiger partial charge on any atom is 0.323 e. The molecule has 0 amide bonds. The second-order valence-corrected chi connectivity index (χ2v) is 5.73. The Balaban J connectivity index is 2.27. The van der Waals surface area contributed by atoms with E-state index in [9.17, 15) is 4.79 Å². The molecule has 0 atom stereocenters. The minimum atomic E-state index is -0.169. The van der Waals surface area contributed by atoms with Crippen molar-refractivity contribution in [2.75, 3.05) is 5.32 Å². The van der Waals surface area contributed by atoms with Crippen molar-refractivity contribution in [3.8, 4) is 0 Å². The fourth-order valence-electron chi connectivity index (χ4n) is 2.37. The molecule has 1 aromatic heterocycles. The first-order valence-electron chi connectivity index (χ1n) is 6.82. The molecule has 3 N–H and O–H groups in total. The SMILES string of the molecule is CCCC(CCC)Nc1cc2[nH]c(=O)[nH]c2cc1Br. The molecular formula is C14H20BrN3O. The largest absolute Gasteiger partial charge is 0.381 e. The van der Waals surface area contributed by atoms with Gasteiger partial charge in [0.1, 0.15) is 0 Å². The third-order valence-electron chi connectivity index (χ3n) is 3.24. The van der Waals surface area contributed by atoms with E-state index in [-0.39, 0.29) is 5.69 Å². The molecule has 0 fully saturated rings. The number of hydrogen-bond acceptors (Lipinski definition) is 2. The van der Waals surface area contributed by atoms with Crippen LogP contribution in [-0.2, 0) is 0 Å². The van der Waals surface area contributed by atoms with Crippen molar-refractivity contribution in [3.05, 3.63) is 27.1 Å².